The van der Waals surface area contributed by atoms with E-state index in [1.54, 1.807) is 6.21 Å². The summed E-state index contributed by atoms with van der Waals surface area (Å²) in [6.45, 7) is 0. The first-order chi connectivity index (χ1) is 16.2. The molecular weight excluding hydrogens is 414 g/mol. The van der Waals surface area contributed by atoms with Gasteiger partial charge < -0.3 is 16.0 Å². The quantitative estimate of drug-likeness (QED) is 0.366. The normalized spacial score (nSPS) is 14.8. The second kappa shape index (κ2) is 7.74. The number of nitrogen functional groups attached to an aromatic ring is 1. The molecule has 0 radical (unpaired) electrons. The molecule has 0 spiro atoms. The Balaban J connectivity index is 1.50. The Morgan fingerprint density at radius 1 is 1.09 bits per heavy atom. The molecule has 1 fully saturated rings. The SMILES string of the molecule is Nc1c(C(=O)NC2CCCC2)c2nc3ccccc3nc2n1N=Cc1c[nH]c2ccccc12. The average Bonchev–Trinajstić information content (AvgIpc) is 3.54. The third-order valence-electron chi connectivity index (χ3n) is 6.32. The maximum Gasteiger partial charge on any atom is 0.257 e. The van der Waals surface area contributed by atoms with Crippen LogP contribution in [0.15, 0.2) is 59.8 Å². The molecule has 0 aliphatic heterocycles. The number of nitrogens with one attached hydrogen (secondary N) is 2. The van der Waals surface area contributed by atoms with Gasteiger partial charge in [0.25, 0.3) is 5.91 Å². The highest BCUT2D eigenvalue weighted by atomic mass is 16.1. The fraction of sp³-hybridized carbons (Fsp3) is 0.200. The van der Waals surface area contributed by atoms with E-state index in [-0.39, 0.29) is 17.8 Å². The van der Waals surface area contributed by atoms with Gasteiger partial charge in [0.2, 0.25) is 0 Å². The van der Waals surface area contributed by atoms with E-state index in [0.717, 1.165) is 42.1 Å². The van der Waals surface area contributed by atoms with Gasteiger partial charge >= 0.3 is 0 Å². The Bertz CT molecular complexity index is 1540. The molecule has 3 heterocycles. The first-order valence-electron chi connectivity index (χ1n) is 11.2. The van der Waals surface area contributed by atoms with Crippen LogP contribution in [0.5, 0.6) is 0 Å². The molecule has 0 saturated heterocycles. The molecule has 33 heavy (non-hydrogen) atoms. The summed E-state index contributed by atoms with van der Waals surface area (Å²) in [5.74, 6) is 0.00178. The van der Waals surface area contributed by atoms with Gasteiger partial charge in [0.1, 0.15) is 16.9 Å². The van der Waals surface area contributed by atoms with Gasteiger partial charge in [-0.3, -0.25) is 4.79 Å². The lowest BCUT2D eigenvalue weighted by Crippen LogP contribution is -2.33. The number of carbonyl (C=O) groups is 1. The summed E-state index contributed by atoms with van der Waals surface area (Å²) in [4.78, 5) is 26.0. The Morgan fingerprint density at radius 2 is 1.82 bits per heavy atom. The number of aromatic amines is 1. The van der Waals surface area contributed by atoms with Crippen LogP contribution in [0.4, 0.5) is 5.82 Å². The van der Waals surface area contributed by atoms with E-state index in [1.165, 1.54) is 4.68 Å². The standard InChI is InChI=1S/C25H23N7O/c26-23-21(25(33)29-16-7-1-2-8-16)22-24(31-20-12-6-5-11-19(20)30-22)32(23)28-14-15-13-27-18-10-4-3-9-17(15)18/h3-6,9-14,16,27H,1-2,7-8,26H2,(H,29,33). The van der Waals surface area contributed by atoms with Crippen molar-refractivity contribution in [1.82, 2.24) is 24.9 Å². The average molecular weight is 438 g/mol. The van der Waals surface area contributed by atoms with Gasteiger partial charge in [0, 0.05) is 28.7 Å². The second-order valence-corrected chi connectivity index (χ2v) is 8.45. The minimum absolute atomic E-state index is 0.165. The first kappa shape index (κ1) is 19.5. The third kappa shape index (κ3) is 3.31. The minimum Gasteiger partial charge on any atom is -0.383 e. The van der Waals surface area contributed by atoms with Crippen LogP contribution in [-0.2, 0) is 0 Å². The predicted molar refractivity (Wildman–Crippen MR) is 130 cm³/mol. The van der Waals surface area contributed by atoms with E-state index in [1.807, 2.05) is 54.7 Å². The molecule has 8 nitrogen and oxygen atoms in total. The van der Waals surface area contributed by atoms with Crippen molar-refractivity contribution < 1.29 is 4.79 Å². The van der Waals surface area contributed by atoms with Crippen molar-refractivity contribution >= 4 is 51.0 Å². The van der Waals surface area contributed by atoms with Crippen LogP contribution < -0.4 is 11.1 Å². The Kier molecular flexibility index (Phi) is 4.57. The van der Waals surface area contributed by atoms with Crippen molar-refractivity contribution in [2.24, 2.45) is 5.10 Å². The van der Waals surface area contributed by atoms with E-state index >= 15 is 0 Å². The van der Waals surface area contributed by atoms with E-state index in [2.05, 4.69) is 15.4 Å². The number of hydrogen-bond donors (Lipinski definition) is 3. The largest absolute Gasteiger partial charge is 0.383 e. The van der Waals surface area contributed by atoms with E-state index < -0.39 is 0 Å². The number of anilines is 1. The zero-order valence-corrected chi connectivity index (χ0v) is 18.0. The number of nitrogens with zero attached hydrogens (tertiary/aromatic N) is 4. The van der Waals surface area contributed by atoms with Gasteiger partial charge in [-0.2, -0.15) is 9.78 Å². The maximum absolute atomic E-state index is 13.3. The van der Waals surface area contributed by atoms with Crippen molar-refractivity contribution in [3.05, 3.63) is 65.9 Å². The Labute approximate surface area is 189 Å². The molecule has 164 valence electrons. The number of aromatic nitrogens is 4. The number of amides is 1. The van der Waals surface area contributed by atoms with Gasteiger partial charge in [0.15, 0.2) is 5.65 Å². The van der Waals surface area contributed by atoms with Crippen molar-refractivity contribution in [2.75, 3.05) is 5.73 Å². The first-order valence-corrected chi connectivity index (χ1v) is 11.2. The Morgan fingerprint density at radius 3 is 2.64 bits per heavy atom. The van der Waals surface area contributed by atoms with E-state index in [4.69, 9.17) is 15.7 Å². The van der Waals surface area contributed by atoms with Crippen molar-refractivity contribution in [2.45, 2.75) is 31.7 Å². The van der Waals surface area contributed by atoms with E-state index in [0.29, 0.717) is 27.8 Å². The molecule has 3 aromatic heterocycles. The molecule has 5 aromatic rings. The summed E-state index contributed by atoms with van der Waals surface area (Å²) < 4.78 is 1.51. The zero-order valence-electron chi connectivity index (χ0n) is 18.0. The zero-order chi connectivity index (χ0) is 22.4. The van der Waals surface area contributed by atoms with Gasteiger partial charge in [-0.15, -0.1) is 0 Å². The lowest BCUT2D eigenvalue weighted by molar-refractivity contribution is 0.0940. The molecule has 1 aliphatic rings. The summed E-state index contributed by atoms with van der Waals surface area (Å²) in [7, 11) is 0. The van der Waals surface area contributed by atoms with Gasteiger partial charge in [-0.25, -0.2) is 9.97 Å². The monoisotopic (exact) mass is 437 g/mol. The molecule has 0 bridgehead atoms. The minimum atomic E-state index is -0.227. The third-order valence-corrected chi connectivity index (χ3v) is 6.32. The fourth-order valence-corrected chi connectivity index (χ4v) is 4.64. The molecule has 2 aromatic carbocycles. The van der Waals surface area contributed by atoms with Crippen molar-refractivity contribution in [1.29, 1.82) is 0 Å². The summed E-state index contributed by atoms with van der Waals surface area (Å²) >= 11 is 0. The molecule has 6 rings (SSSR count). The van der Waals surface area contributed by atoms with Gasteiger partial charge in [-0.1, -0.05) is 43.2 Å². The topological polar surface area (TPSA) is 114 Å². The number of nitrogens with two attached hydrogens (primary N) is 1. The molecule has 1 saturated carbocycles. The number of H-pyrrole nitrogens is 1. The molecule has 1 aliphatic carbocycles. The van der Waals surface area contributed by atoms with Crippen LogP contribution in [0.2, 0.25) is 0 Å². The summed E-state index contributed by atoms with van der Waals surface area (Å²) in [6, 6.07) is 15.7. The lowest BCUT2D eigenvalue weighted by Gasteiger charge is -2.11. The van der Waals surface area contributed by atoms with Crippen molar-refractivity contribution in [3.63, 3.8) is 0 Å². The number of rotatable bonds is 4. The molecule has 1 amide bonds. The second-order valence-electron chi connectivity index (χ2n) is 8.45. The van der Waals surface area contributed by atoms with Crippen LogP contribution in [0.3, 0.4) is 0 Å². The van der Waals surface area contributed by atoms with Crippen LogP contribution in [-0.4, -0.2) is 37.8 Å². The maximum atomic E-state index is 13.3. The summed E-state index contributed by atoms with van der Waals surface area (Å²) in [5, 5.41) is 8.81. The number of hydrogen-bond acceptors (Lipinski definition) is 5. The number of fused-ring (bicyclic) bond motifs is 3. The molecule has 4 N–H and O–H groups in total. The van der Waals surface area contributed by atoms with Crippen molar-refractivity contribution in [3.8, 4) is 0 Å². The van der Waals surface area contributed by atoms with Crippen LogP contribution >= 0.6 is 0 Å². The van der Waals surface area contributed by atoms with Crippen LogP contribution in [0, 0.1) is 0 Å². The summed E-state index contributed by atoms with van der Waals surface area (Å²) in [6.07, 6.45) is 7.84. The highest BCUT2D eigenvalue weighted by molar-refractivity contribution is 6.11. The number of para-hydroxylation sites is 3. The van der Waals surface area contributed by atoms with E-state index in [9.17, 15) is 4.79 Å². The predicted octanol–water partition coefficient (Wildman–Crippen LogP) is 4.20. The van der Waals surface area contributed by atoms with Crippen LogP contribution in [0.25, 0.3) is 33.1 Å². The van der Waals surface area contributed by atoms with Crippen LogP contribution in [0.1, 0.15) is 41.6 Å². The molecule has 8 heteroatoms. The summed E-state index contributed by atoms with van der Waals surface area (Å²) in [5.41, 5.74) is 11.1. The highest BCUT2D eigenvalue weighted by Gasteiger charge is 2.26. The molecule has 0 atom stereocenters. The molecular formula is C25H23N7O. The highest BCUT2D eigenvalue weighted by Crippen LogP contribution is 2.29. The number of carbonyl (C=O) groups excluding carboxylic acids is 1. The molecule has 0 unspecified atom stereocenters. The fourth-order valence-electron chi connectivity index (χ4n) is 4.64. The smallest absolute Gasteiger partial charge is 0.257 e. The van der Waals surface area contributed by atoms with Gasteiger partial charge in [0.05, 0.1) is 17.2 Å². The van der Waals surface area contributed by atoms with Gasteiger partial charge in [-0.05, 0) is 31.0 Å². The Hall–Kier alpha value is -4.20. The lowest BCUT2D eigenvalue weighted by atomic mass is 10.2. The number of benzene rings is 2.